The van der Waals surface area contributed by atoms with Gasteiger partial charge in [-0.25, -0.2) is 4.98 Å². The Balaban J connectivity index is 1.58. The molecule has 9 heteroatoms. The van der Waals surface area contributed by atoms with Gasteiger partial charge in [0.05, 0.1) is 24.1 Å². The maximum Gasteiger partial charge on any atom is 0.273 e. The van der Waals surface area contributed by atoms with Crippen LogP contribution in [0.1, 0.15) is 40.6 Å². The summed E-state index contributed by atoms with van der Waals surface area (Å²) in [7, 11) is 1.58. The van der Waals surface area contributed by atoms with Crippen molar-refractivity contribution < 1.29 is 18.8 Å². The largest absolute Gasteiger partial charge is 0.377 e. The fourth-order valence-electron chi connectivity index (χ4n) is 2.68. The van der Waals surface area contributed by atoms with Gasteiger partial charge >= 0.3 is 0 Å². The molecule has 1 unspecified atom stereocenters. The quantitative estimate of drug-likeness (QED) is 0.737. The van der Waals surface area contributed by atoms with Crippen LogP contribution in [0.4, 0.5) is 0 Å². The zero-order valence-electron chi connectivity index (χ0n) is 14.4. The average Bonchev–Trinajstić information content (AvgIpc) is 3.25. The second kappa shape index (κ2) is 8.50. The smallest absolute Gasteiger partial charge is 0.273 e. The molecule has 136 valence electrons. The van der Waals surface area contributed by atoms with E-state index in [1.165, 1.54) is 0 Å². The lowest BCUT2D eigenvalue weighted by molar-refractivity contribution is -0.0239. The Bertz CT molecular complexity index is 702. The molecular formula is C16H22N4O4S. The fraction of sp³-hybridized carbons (Fsp3) is 0.625. The van der Waals surface area contributed by atoms with Gasteiger partial charge in [-0.2, -0.15) is 4.98 Å². The number of carbonyl (C=O) groups is 1. The minimum atomic E-state index is -0.165. The topological polar surface area (TPSA) is 90.6 Å². The number of rotatable bonds is 7. The van der Waals surface area contributed by atoms with Crippen LogP contribution in [0, 0.1) is 0 Å². The standard InChI is InChI=1S/C16H22N4O4S/c1-3-4-15-17-12(10-25-15)16(21)20-5-6-23-11(8-20)7-14-18-13(9-22-2)19-24-14/h10-11H,3-9H2,1-2H3. The highest BCUT2D eigenvalue weighted by molar-refractivity contribution is 7.09. The number of amides is 1. The number of nitrogens with zero attached hydrogens (tertiary/aromatic N) is 4. The molecule has 1 aliphatic rings. The summed E-state index contributed by atoms with van der Waals surface area (Å²) in [6.45, 7) is 3.95. The number of hydrogen-bond donors (Lipinski definition) is 0. The van der Waals surface area contributed by atoms with Crippen molar-refractivity contribution in [3.05, 3.63) is 27.8 Å². The fourth-order valence-corrected chi connectivity index (χ4v) is 3.56. The van der Waals surface area contributed by atoms with Gasteiger partial charge < -0.3 is 18.9 Å². The van der Waals surface area contributed by atoms with Crippen LogP contribution in [0.5, 0.6) is 0 Å². The van der Waals surface area contributed by atoms with Gasteiger partial charge in [0.2, 0.25) is 5.89 Å². The van der Waals surface area contributed by atoms with E-state index in [1.807, 2.05) is 5.38 Å². The predicted octanol–water partition coefficient (Wildman–Crippen LogP) is 1.71. The molecule has 1 fully saturated rings. The van der Waals surface area contributed by atoms with Crippen molar-refractivity contribution in [3.63, 3.8) is 0 Å². The Labute approximate surface area is 150 Å². The molecule has 0 saturated carbocycles. The van der Waals surface area contributed by atoms with Crippen LogP contribution < -0.4 is 0 Å². The summed E-state index contributed by atoms with van der Waals surface area (Å²) >= 11 is 1.54. The third-order valence-corrected chi connectivity index (χ3v) is 4.76. The highest BCUT2D eigenvalue weighted by atomic mass is 32.1. The lowest BCUT2D eigenvalue weighted by atomic mass is 10.2. The van der Waals surface area contributed by atoms with Crippen molar-refractivity contribution in [1.82, 2.24) is 20.0 Å². The van der Waals surface area contributed by atoms with Crippen molar-refractivity contribution in [2.45, 2.75) is 38.9 Å². The van der Waals surface area contributed by atoms with E-state index in [0.29, 0.717) is 50.1 Å². The maximum absolute atomic E-state index is 12.7. The van der Waals surface area contributed by atoms with E-state index in [0.717, 1.165) is 17.8 Å². The first-order valence-electron chi connectivity index (χ1n) is 8.35. The minimum absolute atomic E-state index is 0.0440. The van der Waals surface area contributed by atoms with E-state index in [2.05, 4.69) is 22.0 Å². The summed E-state index contributed by atoms with van der Waals surface area (Å²) in [5.74, 6) is 0.954. The number of carbonyl (C=O) groups excluding carboxylic acids is 1. The number of thiazole rings is 1. The highest BCUT2D eigenvalue weighted by Crippen LogP contribution is 2.17. The molecule has 1 aliphatic heterocycles. The van der Waals surface area contributed by atoms with E-state index in [9.17, 15) is 4.79 Å². The van der Waals surface area contributed by atoms with Gasteiger partial charge in [0.1, 0.15) is 12.3 Å². The number of aryl methyl sites for hydroxylation is 1. The van der Waals surface area contributed by atoms with E-state index in [4.69, 9.17) is 14.0 Å². The number of methoxy groups -OCH3 is 1. The van der Waals surface area contributed by atoms with Crippen molar-refractivity contribution in [1.29, 1.82) is 0 Å². The SMILES string of the molecule is CCCc1nc(C(=O)N2CCOC(Cc3nc(COC)no3)C2)cs1. The van der Waals surface area contributed by atoms with E-state index >= 15 is 0 Å². The minimum Gasteiger partial charge on any atom is -0.377 e. The Morgan fingerprint density at radius 2 is 2.36 bits per heavy atom. The first-order chi connectivity index (χ1) is 12.2. The van der Waals surface area contributed by atoms with Gasteiger partial charge in [-0.15, -0.1) is 11.3 Å². The zero-order chi connectivity index (χ0) is 17.6. The van der Waals surface area contributed by atoms with Crippen molar-refractivity contribution in [2.75, 3.05) is 26.8 Å². The van der Waals surface area contributed by atoms with Gasteiger partial charge in [-0.1, -0.05) is 12.1 Å². The molecule has 0 radical (unpaired) electrons. The van der Waals surface area contributed by atoms with Crippen LogP contribution in [-0.2, 0) is 28.9 Å². The van der Waals surface area contributed by atoms with Crippen molar-refractivity contribution >= 4 is 17.2 Å². The summed E-state index contributed by atoms with van der Waals surface area (Å²) < 4.78 is 15.9. The molecule has 0 bridgehead atoms. The van der Waals surface area contributed by atoms with Crippen LogP contribution in [0.25, 0.3) is 0 Å². The third-order valence-electron chi connectivity index (χ3n) is 3.85. The predicted molar refractivity (Wildman–Crippen MR) is 90.5 cm³/mol. The molecule has 25 heavy (non-hydrogen) atoms. The van der Waals surface area contributed by atoms with Crippen molar-refractivity contribution in [2.24, 2.45) is 0 Å². The maximum atomic E-state index is 12.7. The molecule has 0 aromatic carbocycles. The van der Waals surface area contributed by atoms with E-state index < -0.39 is 0 Å². The lowest BCUT2D eigenvalue weighted by Gasteiger charge is -2.32. The summed E-state index contributed by atoms with van der Waals surface area (Å²) in [5, 5.41) is 6.68. The second-order valence-corrected chi connectivity index (χ2v) is 6.80. The Morgan fingerprint density at radius 1 is 1.48 bits per heavy atom. The molecule has 0 N–H and O–H groups in total. The van der Waals surface area contributed by atoms with Gasteiger partial charge in [-0.05, 0) is 12.8 Å². The zero-order valence-corrected chi connectivity index (χ0v) is 15.3. The van der Waals surface area contributed by atoms with Crippen LogP contribution in [0.3, 0.4) is 0 Å². The average molecular weight is 366 g/mol. The van der Waals surface area contributed by atoms with Crippen LogP contribution >= 0.6 is 11.3 Å². The van der Waals surface area contributed by atoms with Crippen LogP contribution in [-0.4, -0.2) is 58.8 Å². The van der Waals surface area contributed by atoms with Gasteiger partial charge in [0.25, 0.3) is 5.91 Å². The number of aromatic nitrogens is 3. The van der Waals surface area contributed by atoms with Gasteiger partial charge in [0, 0.05) is 25.6 Å². The molecule has 0 aliphatic carbocycles. The highest BCUT2D eigenvalue weighted by Gasteiger charge is 2.28. The normalized spacial score (nSPS) is 17.8. The summed E-state index contributed by atoms with van der Waals surface area (Å²) in [6.07, 6.45) is 2.24. The Hall–Kier alpha value is -1.84. The molecule has 3 heterocycles. The molecule has 1 saturated heterocycles. The summed E-state index contributed by atoms with van der Waals surface area (Å²) in [5.41, 5.74) is 0.522. The van der Waals surface area contributed by atoms with Gasteiger partial charge in [-0.3, -0.25) is 4.79 Å². The molecule has 1 amide bonds. The second-order valence-electron chi connectivity index (χ2n) is 5.86. The van der Waals surface area contributed by atoms with Crippen LogP contribution in [0.2, 0.25) is 0 Å². The molecular weight excluding hydrogens is 344 g/mol. The molecule has 8 nitrogen and oxygen atoms in total. The lowest BCUT2D eigenvalue weighted by Crippen LogP contribution is -2.46. The van der Waals surface area contributed by atoms with Crippen molar-refractivity contribution in [3.8, 4) is 0 Å². The Morgan fingerprint density at radius 3 is 3.16 bits per heavy atom. The monoisotopic (exact) mass is 366 g/mol. The molecule has 1 atom stereocenters. The number of hydrogen-bond acceptors (Lipinski definition) is 8. The number of ether oxygens (including phenoxy) is 2. The van der Waals surface area contributed by atoms with Crippen LogP contribution in [0.15, 0.2) is 9.90 Å². The molecule has 2 aromatic rings. The molecule has 3 rings (SSSR count). The summed E-state index contributed by atoms with van der Waals surface area (Å²) in [4.78, 5) is 23.1. The number of morpholine rings is 1. The summed E-state index contributed by atoms with van der Waals surface area (Å²) in [6, 6.07) is 0. The molecule has 2 aromatic heterocycles. The third kappa shape index (κ3) is 4.62. The van der Waals surface area contributed by atoms with E-state index in [1.54, 1.807) is 23.3 Å². The first-order valence-corrected chi connectivity index (χ1v) is 9.23. The van der Waals surface area contributed by atoms with E-state index in [-0.39, 0.29) is 12.0 Å². The van der Waals surface area contributed by atoms with Gasteiger partial charge in [0.15, 0.2) is 5.82 Å². The first kappa shape index (κ1) is 18.0. The Kier molecular flexibility index (Phi) is 6.11. The molecule has 0 spiro atoms.